The molecule has 6 nitrogen and oxygen atoms in total. The van der Waals surface area contributed by atoms with Crippen LogP contribution in [-0.4, -0.2) is 45.9 Å². The van der Waals surface area contributed by atoms with Crippen molar-refractivity contribution in [2.24, 2.45) is 0 Å². The van der Waals surface area contributed by atoms with Gasteiger partial charge in [0.05, 0.1) is 28.4 Å². The van der Waals surface area contributed by atoms with E-state index in [-0.39, 0.29) is 6.04 Å². The van der Waals surface area contributed by atoms with Crippen LogP contribution in [-0.2, 0) is 13.1 Å². The van der Waals surface area contributed by atoms with Crippen LogP contribution in [0.2, 0.25) is 0 Å². The van der Waals surface area contributed by atoms with Gasteiger partial charge in [0, 0.05) is 25.2 Å². The van der Waals surface area contributed by atoms with Crippen LogP contribution in [0.4, 0.5) is 0 Å². The van der Waals surface area contributed by atoms with Crippen molar-refractivity contribution in [3.05, 3.63) is 71.3 Å². The highest BCUT2D eigenvalue weighted by molar-refractivity contribution is 6.13. The quantitative estimate of drug-likeness (QED) is 0.323. The molecule has 0 unspecified atom stereocenters. The highest BCUT2D eigenvalue weighted by Crippen LogP contribution is 2.49. The first-order valence-corrected chi connectivity index (χ1v) is 12.9. The number of hydrogen-bond donors (Lipinski definition) is 1. The Balaban J connectivity index is 1.65. The summed E-state index contributed by atoms with van der Waals surface area (Å²) in [6, 6.07) is 19.8. The zero-order valence-corrected chi connectivity index (χ0v) is 22.0. The summed E-state index contributed by atoms with van der Waals surface area (Å²) in [4.78, 5) is 2.65. The number of fused-ring (bicyclic) bond motifs is 7. The van der Waals surface area contributed by atoms with E-state index in [0.29, 0.717) is 6.04 Å². The second kappa shape index (κ2) is 9.77. The summed E-state index contributed by atoms with van der Waals surface area (Å²) < 4.78 is 23.0. The lowest BCUT2D eigenvalue weighted by atomic mass is 9.81. The van der Waals surface area contributed by atoms with Gasteiger partial charge in [0.15, 0.2) is 23.0 Å². The van der Waals surface area contributed by atoms with Gasteiger partial charge < -0.3 is 24.3 Å². The van der Waals surface area contributed by atoms with Crippen molar-refractivity contribution in [3.8, 4) is 23.0 Å². The Morgan fingerprint density at radius 2 is 1.32 bits per heavy atom. The van der Waals surface area contributed by atoms with Gasteiger partial charge in [-0.2, -0.15) is 0 Å². The summed E-state index contributed by atoms with van der Waals surface area (Å²) in [5.41, 5.74) is 3.99. The van der Waals surface area contributed by atoms with Crippen molar-refractivity contribution in [1.82, 2.24) is 10.2 Å². The summed E-state index contributed by atoms with van der Waals surface area (Å²) in [5, 5.41) is 8.63. The standard InChI is InChI=1S/C31H34N2O4/c1-34-26-13-20-21-14-27(35-2)29(37-4)16-23(21)30-24(22(20)15-28(26)36-3)18-33-12-8-11-25(33)31(30)32-17-19-9-6-5-7-10-19/h5-7,9-10,13-16,25,31-32H,8,11-12,17-18H2,1-4H3/t25-,31-/m0/s1. The number of benzene rings is 4. The summed E-state index contributed by atoms with van der Waals surface area (Å²) in [6.07, 6.45) is 2.40. The monoisotopic (exact) mass is 498 g/mol. The first kappa shape index (κ1) is 23.9. The summed E-state index contributed by atoms with van der Waals surface area (Å²) >= 11 is 0. The van der Waals surface area contributed by atoms with E-state index in [1.54, 1.807) is 28.4 Å². The van der Waals surface area contributed by atoms with Crippen LogP contribution in [0.15, 0.2) is 54.6 Å². The Bertz CT molecular complexity index is 1450. The van der Waals surface area contributed by atoms with Crippen molar-refractivity contribution >= 4 is 21.5 Å². The molecule has 4 aromatic rings. The maximum atomic E-state index is 5.78. The molecule has 192 valence electrons. The smallest absolute Gasteiger partial charge is 0.161 e. The molecule has 1 fully saturated rings. The molecule has 0 saturated carbocycles. The molecule has 0 radical (unpaired) electrons. The van der Waals surface area contributed by atoms with E-state index in [9.17, 15) is 0 Å². The molecule has 6 heteroatoms. The molecule has 0 bridgehead atoms. The number of rotatable bonds is 7. The average molecular weight is 499 g/mol. The first-order valence-electron chi connectivity index (χ1n) is 12.9. The number of nitrogens with one attached hydrogen (secondary N) is 1. The number of methoxy groups -OCH3 is 4. The molecule has 0 spiro atoms. The van der Waals surface area contributed by atoms with Gasteiger partial charge in [-0.1, -0.05) is 30.3 Å². The Hall–Kier alpha value is -3.48. The van der Waals surface area contributed by atoms with Gasteiger partial charge in [0.1, 0.15) is 0 Å². The highest BCUT2D eigenvalue weighted by Gasteiger charge is 2.40. The molecule has 6 rings (SSSR count). The third kappa shape index (κ3) is 3.95. The van der Waals surface area contributed by atoms with Gasteiger partial charge in [-0.05, 0) is 81.9 Å². The van der Waals surface area contributed by atoms with E-state index >= 15 is 0 Å². The van der Waals surface area contributed by atoms with E-state index in [0.717, 1.165) is 53.4 Å². The van der Waals surface area contributed by atoms with Crippen molar-refractivity contribution in [2.45, 2.75) is 38.0 Å². The van der Waals surface area contributed by atoms with Crippen molar-refractivity contribution in [2.75, 3.05) is 35.0 Å². The van der Waals surface area contributed by atoms with Crippen molar-refractivity contribution < 1.29 is 18.9 Å². The fourth-order valence-electron chi connectivity index (χ4n) is 6.39. The Kier molecular flexibility index (Phi) is 6.31. The minimum absolute atomic E-state index is 0.185. The molecule has 2 heterocycles. The van der Waals surface area contributed by atoms with E-state index < -0.39 is 0 Å². The fraction of sp³-hybridized carbons (Fsp3) is 0.355. The van der Waals surface area contributed by atoms with Gasteiger partial charge in [-0.15, -0.1) is 0 Å². The number of hydrogen-bond acceptors (Lipinski definition) is 6. The molecular formula is C31H34N2O4. The minimum atomic E-state index is 0.185. The summed E-state index contributed by atoms with van der Waals surface area (Å²) in [5.74, 6) is 2.93. The van der Waals surface area contributed by atoms with E-state index in [1.807, 2.05) is 0 Å². The Labute approximate surface area is 218 Å². The lowest BCUT2D eigenvalue weighted by Gasteiger charge is -2.40. The third-order valence-corrected chi connectivity index (χ3v) is 8.12. The summed E-state index contributed by atoms with van der Waals surface area (Å²) in [7, 11) is 6.78. The van der Waals surface area contributed by atoms with Crippen LogP contribution in [0, 0.1) is 0 Å². The van der Waals surface area contributed by atoms with E-state index in [2.05, 4.69) is 64.8 Å². The van der Waals surface area contributed by atoms with Crippen LogP contribution in [0.5, 0.6) is 23.0 Å². The second-order valence-electron chi connectivity index (χ2n) is 9.92. The molecule has 0 aromatic heterocycles. The molecule has 0 amide bonds. The number of ether oxygens (including phenoxy) is 4. The molecule has 1 N–H and O–H groups in total. The molecule has 1 saturated heterocycles. The van der Waals surface area contributed by atoms with Crippen LogP contribution in [0.3, 0.4) is 0 Å². The van der Waals surface area contributed by atoms with Crippen LogP contribution < -0.4 is 24.3 Å². The van der Waals surface area contributed by atoms with Gasteiger partial charge in [-0.25, -0.2) is 0 Å². The van der Waals surface area contributed by atoms with Gasteiger partial charge in [-0.3, -0.25) is 4.90 Å². The number of nitrogens with zero attached hydrogens (tertiary/aromatic N) is 1. The SMILES string of the molecule is COc1cc2c3c(c4cc(OC)c(OC)cc4c2cc1OC)[C@@H](NCc1ccccc1)[C@@H]1CCCN1C3. The third-order valence-electron chi connectivity index (χ3n) is 8.12. The molecule has 37 heavy (non-hydrogen) atoms. The van der Waals surface area contributed by atoms with Crippen molar-refractivity contribution in [3.63, 3.8) is 0 Å². The Morgan fingerprint density at radius 1 is 0.757 bits per heavy atom. The molecular weight excluding hydrogens is 464 g/mol. The Morgan fingerprint density at radius 3 is 1.95 bits per heavy atom. The minimum Gasteiger partial charge on any atom is -0.493 e. The lowest BCUT2D eigenvalue weighted by molar-refractivity contribution is 0.179. The molecule has 2 atom stereocenters. The zero-order chi connectivity index (χ0) is 25.5. The molecule has 4 aromatic carbocycles. The topological polar surface area (TPSA) is 52.2 Å². The van der Waals surface area contributed by atoms with E-state index in [1.165, 1.54) is 40.3 Å². The van der Waals surface area contributed by atoms with Crippen molar-refractivity contribution in [1.29, 1.82) is 0 Å². The van der Waals surface area contributed by atoms with Gasteiger partial charge in [0.2, 0.25) is 0 Å². The predicted octanol–water partition coefficient (Wildman–Crippen LogP) is 5.84. The van der Waals surface area contributed by atoms with Crippen LogP contribution in [0.25, 0.3) is 21.5 Å². The van der Waals surface area contributed by atoms with Gasteiger partial charge >= 0.3 is 0 Å². The fourth-order valence-corrected chi connectivity index (χ4v) is 6.39. The van der Waals surface area contributed by atoms with E-state index in [4.69, 9.17) is 18.9 Å². The normalized spacial score (nSPS) is 19.0. The predicted molar refractivity (Wildman–Crippen MR) is 147 cm³/mol. The molecule has 2 aliphatic rings. The average Bonchev–Trinajstić information content (AvgIpc) is 3.43. The largest absolute Gasteiger partial charge is 0.493 e. The lowest BCUT2D eigenvalue weighted by Crippen LogP contribution is -2.44. The van der Waals surface area contributed by atoms with Crippen LogP contribution in [0.1, 0.15) is 35.6 Å². The maximum Gasteiger partial charge on any atom is 0.161 e. The molecule has 2 aliphatic heterocycles. The maximum absolute atomic E-state index is 5.78. The first-order chi connectivity index (χ1) is 18.2. The second-order valence-corrected chi connectivity index (χ2v) is 9.92. The highest BCUT2D eigenvalue weighted by atomic mass is 16.5. The van der Waals surface area contributed by atoms with Crippen LogP contribution >= 0.6 is 0 Å². The van der Waals surface area contributed by atoms with Gasteiger partial charge in [0.25, 0.3) is 0 Å². The summed E-state index contributed by atoms with van der Waals surface area (Å²) in [6.45, 7) is 2.85. The molecule has 0 aliphatic carbocycles. The zero-order valence-electron chi connectivity index (χ0n) is 22.0.